The van der Waals surface area contributed by atoms with E-state index in [9.17, 15) is 4.79 Å². The van der Waals surface area contributed by atoms with Crippen LogP contribution in [0.1, 0.15) is 20.3 Å². The molecule has 0 fully saturated rings. The Bertz CT molecular complexity index is 432. The van der Waals surface area contributed by atoms with E-state index in [-0.39, 0.29) is 19.1 Å². The van der Waals surface area contributed by atoms with Gasteiger partial charge < -0.3 is 10.5 Å². The molecule has 1 aromatic heterocycles. The van der Waals surface area contributed by atoms with Gasteiger partial charge in [0.2, 0.25) is 5.95 Å². The highest BCUT2D eigenvalue weighted by atomic mass is 16.5. The van der Waals surface area contributed by atoms with E-state index in [4.69, 9.17) is 15.7 Å². The van der Waals surface area contributed by atoms with Gasteiger partial charge in [-0.1, -0.05) is 0 Å². The van der Waals surface area contributed by atoms with E-state index >= 15 is 0 Å². The number of hydrogen-bond donors (Lipinski definition) is 1. The number of esters is 1. The monoisotopic (exact) mass is 237 g/mol. The summed E-state index contributed by atoms with van der Waals surface area (Å²) >= 11 is 0. The Morgan fingerprint density at radius 1 is 1.71 bits per heavy atom. The molecule has 0 saturated carbocycles. The molecule has 0 amide bonds. The van der Waals surface area contributed by atoms with Crippen LogP contribution in [0, 0.1) is 16.7 Å². The number of nitrogen functional groups attached to an aromatic ring is 1. The number of aromatic nitrogens is 3. The number of nitrogens with zero attached hydrogens (tertiary/aromatic N) is 4. The van der Waals surface area contributed by atoms with Crippen LogP contribution in [0.5, 0.6) is 0 Å². The molecule has 7 heteroatoms. The lowest BCUT2D eigenvalue weighted by Gasteiger charge is -2.14. The molecule has 0 aliphatic heterocycles. The second-order valence-corrected chi connectivity index (χ2v) is 4.27. The Kier molecular flexibility index (Phi) is 4.04. The summed E-state index contributed by atoms with van der Waals surface area (Å²) in [5.74, 6) is -0.313. The predicted molar refractivity (Wildman–Crippen MR) is 59.4 cm³/mol. The fraction of sp³-hybridized carbons (Fsp3) is 0.600. The topological polar surface area (TPSA) is 107 Å². The van der Waals surface area contributed by atoms with Crippen molar-refractivity contribution in [3.8, 4) is 6.07 Å². The van der Waals surface area contributed by atoms with E-state index in [1.807, 2.05) is 0 Å². The van der Waals surface area contributed by atoms with Crippen molar-refractivity contribution in [3.05, 3.63) is 6.33 Å². The van der Waals surface area contributed by atoms with Gasteiger partial charge in [0, 0.05) is 0 Å². The quantitative estimate of drug-likeness (QED) is 0.740. The molecule has 1 heterocycles. The zero-order chi connectivity index (χ0) is 12.9. The van der Waals surface area contributed by atoms with Crippen LogP contribution in [0.3, 0.4) is 0 Å². The molecule has 0 atom stereocenters. The molecule has 0 aliphatic rings. The Balaban J connectivity index is 2.30. The Morgan fingerprint density at radius 2 is 2.41 bits per heavy atom. The summed E-state index contributed by atoms with van der Waals surface area (Å²) in [5, 5.41) is 12.5. The van der Waals surface area contributed by atoms with Crippen LogP contribution < -0.4 is 5.73 Å². The highest BCUT2D eigenvalue weighted by molar-refractivity contribution is 5.69. The van der Waals surface area contributed by atoms with Gasteiger partial charge in [0.25, 0.3) is 0 Å². The first-order valence-electron chi connectivity index (χ1n) is 5.15. The Labute approximate surface area is 99.2 Å². The van der Waals surface area contributed by atoms with Crippen molar-refractivity contribution in [1.29, 1.82) is 5.26 Å². The van der Waals surface area contributed by atoms with E-state index in [1.165, 1.54) is 11.0 Å². The van der Waals surface area contributed by atoms with Gasteiger partial charge in [0.1, 0.15) is 12.9 Å². The maximum atomic E-state index is 11.4. The fourth-order valence-corrected chi connectivity index (χ4v) is 1.04. The predicted octanol–water partition coefficient (Wildman–Crippen LogP) is 0.343. The largest absolute Gasteiger partial charge is 0.464 e. The number of carbonyl (C=O) groups excluding carboxylic acids is 1. The third kappa shape index (κ3) is 4.51. The maximum absolute atomic E-state index is 11.4. The maximum Gasteiger partial charge on any atom is 0.327 e. The van der Waals surface area contributed by atoms with Gasteiger partial charge in [0.05, 0.1) is 18.1 Å². The highest BCUT2D eigenvalue weighted by Crippen LogP contribution is 2.18. The van der Waals surface area contributed by atoms with Gasteiger partial charge >= 0.3 is 5.97 Å². The Hall–Kier alpha value is -2.10. The number of hydrogen-bond acceptors (Lipinski definition) is 6. The second-order valence-electron chi connectivity index (χ2n) is 4.27. The summed E-state index contributed by atoms with van der Waals surface area (Å²) in [6.45, 7) is 3.76. The second kappa shape index (κ2) is 5.30. The standard InChI is InChI=1S/C10H15N5O2/c1-10(2,6-11)3-4-17-8(16)5-15-7-13-9(12)14-15/h7H,3-5H2,1-2H3,(H2,12,14). The van der Waals surface area contributed by atoms with E-state index in [0.717, 1.165) is 0 Å². The lowest BCUT2D eigenvalue weighted by molar-refractivity contribution is -0.145. The number of ether oxygens (including phenoxy) is 1. The number of rotatable bonds is 5. The first-order chi connectivity index (χ1) is 7.93. The van der Waals surface area contributed by atoms with E-state index in [2.05, 4.69) is 16.2 Å². The number of nitrogens with two attached hydrogens (primary N) is 1. The van der Waals surface area contributed by atoms with Gasteiger partial charge in [-0.05, 0) is 20.3 Å². The van der Waals surface area contributed by atoms with Gasteiger partial charge in [-0.15, -0.1) is 5.10 Å². The van der Waals surface area contributed by atoms with Crippen LogP contribution in [0.15, 0.2) is 6.33 Å². The van der Waals surface area contributed by atoms with Gasteiger partial charge in [-0.25, -0.2) is 9.67 Å². The van der Waals surface area contributed by atoms with Gasteiger partial charge in [-0.3, -0.25) is 4.79 Å². The molecule has 92 valence electrons. The molecule has 1 rings (SSSR count). The van der Waals surface area contributed by atoms with Crippen molar-refractivity contribution in [1.82, 2.24) is 14.8 Å². The van der Waals surface area contributed by atoms with Crippen LogP contribution in [-0.2, 0) is 16.1 Å². The normalized spacial score (nSPS) is 10.9. The molecule has 17 heavy (non-hydrogen) atoms. The zero-order valence-corrected chi connectivity index (χ0v) is 9.88. The average Bonchev–Trinajstić information content (AvgIpc) is 2.63. The molecule has 7 nitrogen and oxygen atoms in total. The molecular formula is C10H15N5O2. The van der Waals surface area contributed by atoms with Crippen LogP contribution in [0.2, 0.25) is 0 Å². The summed E-state index contributed by atoms with van der Waals surface area (Å²) in [6, 6.07) is 2.13. The fourth-order valence-electron chi connectivity index (χ4n) is 1.04. The Morgan fingerprint density at radius 3 is 2.94 bits per heavy atom. The SMILES string of the molecule is CC(C)(C#N)CCOC(=O)Cn1cnc(N)n1. The summed E-state index contributed by atoms with van der Waals surface area (Å²) < 4.78 is 6.27. The molecule has 0 radical (unpaired) electrons. The first-order valence-corrected chi connectivity index (χ1v) is 5.15. The van der Waals surface area contributed by atoms with Crippen LogP contribution in [0.4, 0.5) is 5.95 Å². The van der Waals surface area contributed by atoms with Crippen molar-refractivity contribution in [2.24, 2.45) is 5.41 Å². The summed E-state index contributed by atoms with van der Waals surface area (Å²) in [5.41, 5.74) is 4.81. The molecule has 0 aromatic carbocycles. The van der Waals surface area contributed by atoms with Crippen LogP contribution >= 0.6 is 0 Å². The molecule has 1 aromatic rings. The number of anilines is 1. The smallest absolute Gasteiger partial charge is 0.327 e. The molecule has 2 N–H and O–H groups in total. The number of carbonyl (C=O) groups is 1. The van der Waals surface area contributed by atoms with Crippen molar-refractivity contribution in [2.75, 3.05) is 12.3 Å². The molecular weight excluding hydrogens is 222 g/mol. The van der Waals surface area contributed by atoms with Crippen molar-refractivity contribution >= 4 is 11.9 Å². The van der Waals surface area contributed by atoms with Crippen molar-refractivity contribution < 1.29 is 9.53 Å². The molecule has 0 bridgehead atoms. The summed E-state index contributed by atoms with van der Waals surface area (Å²) in [4.78, 5) is 15.0. The van der Waals surface area contributed by atoms with Gasteiger partial charge in [-0.2, -0.15) is 5.26 Å². The minimum absolute atomic E-state index is 0.0306. The minimum Gasteiger partial charge on any atom is -0.464 e. The molecule has 0 unspecified atom stereocenters. The van der Waals surface area contributed by atoms with Crippen LogP contribution in [0.25, 0.3) is 0 Å². The minimum atomic E-state index is -0.488. The van der Waals surface area contributed by atoms with E-state index < -0.39 is 11.4 Å². The van der Waals surface area contributed by atoms with Crippen molar-refractivity contribution in [2.45, 2.75) is 26.8 Å². The van der Waals surface area contributed by atoms with E-state index in [0.29, 0.717) is 6.42 Å². The molecule has 0 spiro atoms. The zero-order valence-electron chi connectivity index (χ0n) is 9.88. The lowest BCUT2D eigenvalue weighted by atomic mass is 9.92. The molecule has 0 saturated heterocycles. The third-order valence-electron chi connectivity index (χ3n) is 2.14. The first kappa shape index (κ1) is 13.0. The third-order valence-corrected chi connectivity index (χ3v) is 2.14. The highest BCUT2D eigenvalue weighted by Gasteiger charge is 2.17. The summed E-state index contributed by atoms with van der Waals surface area (Å²) in [6.07, 6.45) is 1.85. The lowest BCUT2D eigenvalue weighted by Crippen LogP contribution is -2.18. The molecule has 0 aliphatic carbocycles. The van der Waals surface area contributed by atoms with E-state index in [1.54, 1.807) is 13.8 Å². The average molecular weight is 237 g/mol. The van der Waals surface area contributed by atoms with Crippen LogP contribution in [-0.4, -0.2) is 27.3 Å². The summed E-state index contributed by atoms with van der Waals surface area (Å²) in [7, 11) is 0. The number of nitriles is 1. The van der Waals surface area contributed by atoms with Crippen molar-refractivity contribution in [3.63, 3.8) is 0 Å². The van der Waals surface area contributed by atoms with Gasteiger partial charge in [0.15, 0.2) is 0 Å².